The Kier molecular flexibility index (Phi) is 4.36. The Labute approximate surface area is 100 Å². The van der Waals surface area contributed by atoms with Crippen LogP contribution in [0.15, 0.2) is 12.5 Å². The minimum Gasteiger partial charge on any atom is -0.477 e. The van der Waals surface area contributed by atoms with Gasteiger partial charge in [-0.05, 0) is 38.3 Å². The van der Waals surface area contributed by atoms with E-state index in [4.69, 9.17) is 16.3 Å². The van der Waals surface area contributed by atoms with Crippen LogP contribution >= 0.6 is 11.6 Å². The Hall–Kier alpha value is -0.870. The summed E-state index contributed by atoms with van der Waals surface area (Å²) in [5.41, 5.74) is 0. The molecular weight excluding hydrogens is 226 g/mol. The van der Waals surface area contributed by atoms with Gasteiger partial charge in [0.25, 0.3) is 0 Å². The van der Waals surface area contributed by atoms with E-state index in [1.54, 1.807) is 6.20 Å². The maximum atomic E-state index is 5.88. The number of hydrogen-bond donors (Lipinski definition) is 1. The predicted octanol–water partition coefficient (Wildman–Crippen LogP) is 1.90. The van der Waals surface area contributed by atoms with E-state index in [1.807, 2.05) is 0 Å². The molecule has 1 aromatic heterocycles. The fraction of sp³-hybridized carbons (Fsp3) is 0.636. The van der Waals surface area contributed by atoms with Crippen molar-refractivity contribution in [3.8, 4) is 5.88 Å². The smallest absolute Gasteiger partial charge is 0.235 e. The van der Waals surface area contributed by atoms with E-state index < -0.39 is 0 Å². The number of rotatable bonds is 4. The molecule has 88 valence electrons. The Balaban J connectivity index is 1.73. The van der Waals surface area contributed by atoms with Gasteiger partial charge in [0.05, 0.1) is 12.8 Å². The summed E-state index contributed by atoms with van der Waals surface area (Å²) in [4.78, 5) is 7.79. The van der Waals surface area contributed by atoms with Crippen LogP contribution in [0.1, 0.15) is 19.3 Å². The summed E-state index contributed by atoms with van der Waals surface area (Å²) in [6.45, 7) is 2.92. The zero-order valence-electron chi connectivity index (χ0n) is 9.16. The highest BCUT2D eigenvalue weighted by atomic mass is 35.5. The van der Waals surface area contributed by atoms with Gasteiger partial charge in [-0.25, -0.2) is 9.97 Å². The fourth-order valence-corrected chi connectivity index (χ4v) is 2.06. The monoisotopic (exact) mass is 241 g/mol. The number of aromatic nitrogens is 2. The van der Waals surface area contributed by atoms with Gasteiger partial charge in [-0.2, -0.15) is 0 Å². The maximum Gasteiger partial charge on any atom is 0.235 e. The van der Waals surface area contributed by atoms with Crippen molar-refractivity contribution in [2.75, 3.05) is 19.7 Å². The third-order valence-corrected chi connectivity index (χ3v) is 3.06. The van der Waals surface area contributed by atoms with E-state index >= 15 is 0 Å². The van der Waals surface area contributed by atoms with Gasteiger partial charge >= 0.3 is 0 Å². The van der Waals surface area contributed by atoms with E-state index in [-0.39, 0.29) is 0 Å². The quantitative estimate of drug-likeness (QED) is 0.875. The first kappa shape index (κ1) is 11.6. The molecule has 1 atom stereocenters. The molecule has 2 heterocycles. The van der Waals surface area contributed by atoms with Crippen molar-refractivity contribution in [3.05, 3.63) is 17.5 Å². The zero-order chi connectivity index (χ0) is 11.2. The van der Waals surface area contributed by atoms with E-state index in [0.717, 1.165) is 25.4 Å². The summed E-state index contributed by atoms with van der Waals surface area (Å²) in [6, 6.07) is 0. The Bertz CT molecular complexity index is 329. The summed E-state index contributed by atoms with van der Waals surface area (Å²) in [5.74, 6) is 1.20. The molecular formula is C11H16ClN3O. The van der Waals surface area contributed by atoms with Crippen LogP contribution < -0.4 is 10.1 Å². The molecule has 0 radical (unpaired) electrons. The summed E-state index contributed by atoms with van der Waals surface area (Å²) < 4.78 is 5.53. The number of nitrogens with zero attached hydrogens (tertiary/aromatic N) is 2. The van der Waals surface area contributed by atoms with Gasteiger partial charge in [-0.3, -0.25) is 0 Å². The van der Waals surface area contributed by atoms with Crippen molar-refractivity contribution in [3.63, 3.8) is 0 Å². The molecule has 1 unspecified atom stereocenters. The number of nitrogens with one attached hydrogen (secondary N) is 1. The van der Waals surface area contributed by atoms with Gasteiger partial charge in [-0.1, -0.05) is 11.6 Å². The minimum absolute atomic E-state index is 0.476. The highest BCUT2D eigenvalue weighted by Crippen LogP contribution is 2.20. The highest BCUT2D eigenvalue weighted by molar-refractivity contribution is 6.31. The molecule has 4 nitrogen and oxygen atoms in total. The first-order valence-electron chi connectivity index (χ1n) is 5.65. The Morgan fingerprint density at radius 2 is 2.50 bits per heavy atom. The molecule has 16 heavy (non-hydrogen) atoms. The van der Waals surface area contributed by atoms with Gasteiger partial charge < -0.3 is 10.1 Å². The maximum absolute atomic E-state index is 5.88. The average molecular weight is 242 g/mol. The van der Waals surface area contributed by atoms with Gasteiger partial charge in [0, 0.05) is 0 Å². The third-order valence-electron chi connectivity index (χ3n) is 2.80. The van der Waals surface area contributed by atoms with Crippen molar-refractivity contribution in [2.45, 2.75) is 19.3 Å². The Morgan fingerprint density at radius 3 is 3.25 bits per heavy atom. The number of halogens is 1. The normalized spacial score (nSPS) is 20.7. The van der Waals surface area contributed by atoms with Crippen molar-refractivity contribution < 1.29 is 4.74 Å². The lowest BCUT2D eigenvalue weighted by molar-refractivity contribution is 0.247. The average Bonchev–Trinajstić information content (AvgIpc) is 2.33. The molecule has 0 aliphatic carbocycles. The molecule has 0 saturated carbocycles. The summed E-state index contributed by atoms with van der Waals surface area (Å²) in [5, 5.41) is 3.86. The van der Waals surface area contributed by atoms with Crippen LogP contribution in [0.3, 0.4) is 0 Å². The Morgan fingerprint density at radius 1 is 1.56 bits per heavy atom. The van der Waals surface area contributed by atoms with E-state index in [9.17, 15) is 0 Å². The van der Waals surface area contributed by atoms with Crippen LogP contribution in [0.4, 0.5) is 0 Å². The molecule has 0 bridgehead atoms. The molecule has 1 aromatic rings. The van der Waals surface area contributed by atoms with Crippen molar-refractivity contribution in [1.82, 2.24) is 15.3 Å². The second-order valence-electron chi connectivity index (χ2n) is 4.03. The van der Waals surface area contributed by atoms with E-state index in [0.29, 0.717) is 17.5 Å². The minimum atomic E-state index is 0.476. The molecule has 1 saturated heterocycles. The first-order chi connectivity index (χ1) is 7.86. The molecule has 1 aliphatic heterocycles. The second kappa shape index (κ2) is 6.01. The summed E-state index contributed by atoms with van der Waals surface area (Å²) in [6.07, 6.45) is 6.59. The molecule has 0 aromatic carbocycles. The first-order valence-corrected chi connectivity index (χ1v) is 6.03. The number of piperidine rings is 1. The predicted molar refractivity (Wildman–Crippen MR) is 62.7 cm³/mol. The molecule has 1 fully saturated rings. The molecule has 1 N–H and O–H groups in total. The summed E-state index contributed by atoms with van der Waals surface area (Å²) in [7, 11) is 0. The molecule has 1 aliphatic rings. The zero-order valence-corrected chi connectivity index (χ0v) is 9.91. The standard InChI is InChI=1S/C11H16ClN3O/c12-10-7-14-8-15-11(10)16-5-3-9-2-1-4-13-6-9/h7-9,13H,1-6H2. The largest absolute Gasteiger partial charge is 0.477 e. The fourth-order valence-electron chi connectivity index (χ4n) is 1.90. The highest BCUT2D eigenvalue weighted by Gasteiger charge is 2.13. The van der Waals surface area contributed by atoms with E-state index in [1.165, 1.54) is 19.2 Å². The van der Waals surface area contributed by atoms with Gasteiger partial charge in [0.2, 0.25) is 5.88 Å². The summed E-state index contributed by atoms with van der Waals surface area (Å²) >= 11 is 5.88. The van der Waals surface area contributed by atoms with Crippen LogP contribution in [0.2, 0.25) is 5.02 Å². The van der Waals surface area contributed by atoms with Crippen molar-refractivity contribution in [2.24, 2.45) is 5.92 Å². The van der Waals surface area contributed by atoms with Crippen molar-refractivity contribution >= 4 is 11.6 Å². The van der Waals surface area contributed by atoms with Gasteiger partial charge in [0.15, 0.2) is 0 Å². The number of hydrogen-bond acceptors (Lipinski definition) is 4. The lowest BCUT2D eigenvalue weighted by Gasteiger charge is -2.22. The SMILES string of the molecule is Clc1cncnc1OCCC1CCCNC1. The van der Waals surface area contributed by atoms with E-state index in [2.05, 4.69) is 15.3 Å². The molecule has 2 rings (SSSR count). The molecule has 5 heteroatoms. The lowest BCUT2D eigenvalue weighted by atomic mass is 9.97. The van der Waals surface area contributed by atoms with Crippen molar-refractivity contribution in [1.29, 1.82) is 0 Å². The molecule has 0 spiro atoms. The van der Waals surface area contributed by atoms with Crippen LogP contribution in [0.5, 0.6) is 5.88 Å². The second-order valence-corrected chi connectivity index (χ2v) is 4.43. The topological polar surface area (TPSA) is 47.0 Å². The van der Waals surface area contributed by atoms with Crippen LogP contribution in [-0.2, 0) is 0 Å². The van der Waals surface area contributed by atoms with Gasteiger partial charge in [0.1, 0.15) is 11.3 Å². The van der Waals surface area contributed by atoms with Gasteiger partial charge in [-0.15, -0.1) is 0 Å². The van der Waals surface area contributed by atoms with Crippen LogP contribution in [0, 0.1) is 5.92 Å². The number of ether oxygens (including phenoxy) is 1. The van der Waals surface area contributed by atoms with Crippen LogP contribution in [-0.4, -0.2) is 29.7 Å². The third kappa shape index (κ3) is 3.32. The lowest BCUT2D eigenvalue weighted by Crippen LogP contribution is -2.30. The molecule has 0 amide bonds. The van der Waals surface area contributed by atoms with Crippen LogP contribution in [0.25, 0.3) is 0 Å².